The number of nitrogens with zero attached hydrogens (tertiary/aromatic N) is 3. The van der Waals surface area contributed by atoms with Gasteiger partial charge in [-0.15, -0.1) is 11.8 Å². The van der Waals surface area contributed by atoms with Gasteiger partial charge in [0.25, 0.3) is 0 Å². The van der Waals surface area contributed by atoms with Crippen LogP contribution < -0.4 is 10.2 Å². The highest BCUT2D eigenvalue weighted by molar-refractivity contribution is 7.98. The second-order valence-corrected chi connectivity index (χ2v) is 7.13. The Morgan fingerprint density at radius 2 is 1.92 bits per heavy atom. The Balaban J connectivity index is 1.65. The van der Waals surface area contributed by atoms with Crippen LogP contribution in [0.2, 0.25) is 0 Å². The molecule has 0 radical (unpaired) electrons. The van der Waals surface area contributed by atoms with Gasteiger partial charge in [-0.25, -0.2) is 14.4 Å². The quantitative estimate of drug-likeness (QED) is 0.821. The summed E-state index contributed by atoms with van der Waals surface area (Å²) in [5, 5.41) is 3.12. The molecule has 1 aromatic carbocycles. The van der Waals surface area contributed by atoms with Crippen LogP contribution >= 0.6 is 11.8 Å². The van der Waals surface area contributed by atoms with E-state index in [4.69, 9.17) is 4.74 Å². The van der Waals surface area contributed by atoms with E-state index >= 15 is 0 Å². The molecular weight excluding hydrogens is 339 g/mol. The van der Waals surface area contributed by atoms with Crippen molar-refractivity contribution in [3.63, 3.8) is 0 Å². The summed E-state index contributed by atoms with van der Waals surface area (Å²) >= 11 is 1.59. The molecule has 5 nitrogen and oxygen atoms in total. The van der Waals surface area contributed by atoms with Gasteiger partial charge in [-0.2, -0.15) is 0 Å². The number of anilines is 2. The van der Waals surface area contributed by atoms with E-state index < -0.39 is 0 Å². The number of hydrogen-bond donors (Lipinski definition) is 1. The summed E-state index contributed by atoms with van der Waals surface area (Å²) in [5.74, 6) is 0.331. The van der Waals surface area contributed by atoms with Crippen LogP contribution in [0.1, 0.15) is 19.4 Å². The van der Waals surface area contributed by atoms with Crippen LogP contribution in [0.4, 0.5) is 16.0 Å². The molecule has 2 aromatic rings. The van der Waals surface area contributed by atoms with Gasteiger partial charge in [-0.05, 0) is 37.8 Å². The molecule has 0 amide bonds. The maximum atomic E-state index is 14.6. The summed E-state index contributed by atoms with van der Waals surface area (Å²) in [6.07, 6.45) is 5.72. The molecule has 1 aliphatic rings. The van der Waals surface area contributed by atoms with Crippen molar-refractivity contribution in [1.82, 2.24) is 9.97 Å². The summed E-state index contributed by atoms with van der Waals surface area (Å²) in [4.78, 5) is 11.5. The molecule has 0 unspecified atom stereocenters. The van der Waals surface area contributed by atoms with Crippen LogP contribution in [-0.2, 0) is 11.3 Å². The molecule has 1 N–H and O–H groups in total. The topological polar surface area (TPSA) is 50.3 Å². The van der Waals surface area contributed by atoms with E-state index in [-0.39, 0.29) is 18.0 Å². The van der Waals surface area contributed by atoms with E-state index in [2.05, 4.69) is 20.2 Å². The van der Waals surface area contributed by atoms with E-state index in [1.54, 1.807) is 30.2 Å². The largest absolute Gasteiger partial charge is 0.372 e. The minimum absolute atomic E-state index is 0.103. The van der Waals surface area contributed by atoms with Gasteiger partial charge in [0.05, 0.1) is 17.9 Å². The molecule has 2 atom stereocenters. The van der Waals surface area contributed by atoms with Crippen molar-refractivity contribution in [3.8, 4) is 0 Å². The fourth-order valence-electron chi connectivity index (χ4n) is 2.99. The van der Waals surface area contributed by atoms with Crippen LogP contribution in [0, 0.1) is 5.82 Å². The number of halogens is 1. The molecule has 7 heteroatoms. The third kappa shape index (κ3) is 4.61. The molecule has 134 valence electrons. The lowest BCUT2D eigenvalue weighted by atomic mass is 10.1. The van der Waals surface area contributed by atoms with E-state index in [1.807, 2.05) is 32.2 Å². The van der Waals surface area contributed by atoms with Gasteiger partial charge in [0.1, 0.15) is 5.82 Å². The zero-order valence-corrected chi connectivity index (χ0v) is 15.5. The predicted octanol–water partition coefficient (Wildman–Crippen LogP) is 3.56. The van der Waals surface area contributed by atoms with Crippen molar-refractivity contribution in [2.75, 3.05) is 29.6 Å². The second kappa shape index (κ2) is 8.01. The first-order valence-corrected chi connectivity index (χ1v) is 9.56. The fraction of sp³-hybridized carbons (Fsp3) is 0.444. The standard InChI is InChI=1S/C18H23FN4OS/c1-12-10-23(11-13(2)24-12)17-5-4-14(6-16(17)19)7-20-18-21-8-15(25-3)9-22-18/h4-6,8-9,12-13H,7,10-11H2,1-3H3,(H,20,21,22)/t12-,13+. The van der Waals surface area contributed by atoms with Crippen LogP contribution in [0.25, 0.3) is 0 Å². The van der Waals surface area contributed by atoms with Crippen molar-refractivity contribution in [1.29, 1.82) is 0 Å². The SMILES string of the molecule is CSc1cnc(NCc2ccc(N3C[C@@H](C)O[C@@H](C)C3)c(F)c2)nc1. The van der Waals surface area contributed by atoms with Crippen molar-refractivity contribution in [2.24, 2.45) is 0 Å². The summed E-state index contributed by atoms with van der Waals surface area (Å²) in [6, 6.07) is 5.35. The van der Waals surface area contributed by atoms with Crippen LogP contribution in [-0.4, -0.2) is 41.5 Å². The predicted molar refractivity (Wildman–Crippen MR) is 99.8 cm³/mol. The first-order chi connectivity index (χ1) is 12.0. The molecule has 1 aromatic heterocycles. The van der Waals surface area contributed by atoms with Gasteiger partial charge in [-0.3, -0.25) is 0 Å². The Morgan fingerprint density at radius 3 is 2.52 bits per heavy atom. The number of benzene rings is 1. The number of morpholine rings is 1. The number of aromatic nitrogens is 2. The third-order valence-corrected chi connectivity index (χ3v) is 4.77. The van der Waals surface area contributed by atoms with Crippen molar-refractivity contribution in [3.05, 3.63) is 42.0 Å². The van der Waals surface area contributed by atoms with Crippen molar-refractivity contribution < 1.29 is 9.13 Å². The molecule has 1 saturated heterocycles. The molecule has 25 heavy (non-hydrogen) atoms. The Bertz CT molecular complexity index is 703. The van der Waals surface area contributed by atoms with Crippen LogP contribution in [0.15, 0.2) is 35.5 Å². The molecule has 1 aliphatic heterocycles. The van der Waals surface area contributed by atoms with Gasteiger partial charge in [-0.1, -0.05) is 6.07 Å². The first kappa shape index (κ1) is 17.9. The third-order valence-electron chi connectivity index (χ3n) is 4.09. The molecule has 3 rings (SSSR count). The highest BCUT2D eigenvalue weighted by Gasteiger charge is 2.24. The van der Waals surface area contributed by atoms with E-state index in [0.717, 1.165) is 10.5 Å². The number of thioether (sulfide) groups is 1. The smallest absolute Gasteiger partial charge is 0.222 e. The Morgan fingerprint density at radius 1 is 1.24 bits per heavy atom. The van der Waals surface area contributed by atoms with Gasteiger partial charge >= 0.3 is 0 Å². The van der Waals surface area contributed by atoms with Crippen molar-refractivity contribution in [2.45, 2.75) is 37.5 Å². The molecule has 2 heterocycles. The highest BCUT2D eigenvalue weighted by atomic mass is 32.2. The number of rotatable bonds is 5. The molecule has 0 saturated carbocycles. The molecule has 0 aliphatic carbocycles. The molecule has 1 fully saturated rings. The normalized spacial score (nSPS) is 20.6. The Kier molecular flexibility index (Phi) is 5.75. The average Bonchev–Trinajstić information content (AvgIpc) is 2.59. The van der Waals surface area contributed by atoms with Crippen LogP contribution in [0.5, 0.6) is 0 Å². The summed E-state index contributed by atoms with van der Waals surface area (Å²) in [6.45, 7) is 5.91. The number of ether oxygens (including phenoxy) is 1. The van der Waals surface area contributed by atoms with Crippen molar-refractivity contribution >= 4 is 23.4 Å². The molecular formula is C18H23FN4OS. The second-order valence-electron chi connectivity index (χ2n) is 6.25. The zero-order chi connectivity index (χ0) is 17.8. The summed E-state index contributed by atoms with van der Waals surface area (Å²) in [5.41, 5.74) is 1.49. The van der Waals surface area contributed by atoms with E-state index in [1.165, 1.54) is 0 Å². The Labute approximate surface area is 152 Å². The number of nitrogens with one attached hydrogen (secondary N) is 1. The maximum absolute atomic E-state index is 14.6. The summed E-state index contributed by atoms with van der Waals surface area (Å²) < 4.78 is 20.3. The van der Waals surface area contributed by atoms with Gasteiger partial charge in [0.15, 0.2) is 0 Å². The molecule has 0 spiro atoms. The van der Waals surface area contributed by atoms with Gasteiger partial charge in [0, 0.05) is 36.9 Å². The highest BCUT2D eigenvalue weighted by Crippen LogP contribution is 2.24. The lowest BCUT2D eigenvalue weighted by Gasteiger charge is -2.37. The Hall–Kier alpha value is -1.86. The average molecular weight is 362 g/mol. The van der Waals surface area contributed by atoms with Gasteiger partial charge in [0.2, 0.25) is 5.95 Å². The first-order valence-electron chi connectivity index (χ1n) is 8.34. The minimum atomic E-state index is -0.209. The van der Waals surface area contributed by atoms with E-state index in [9.17, 15) is 4.39 Å². The fourth-order valence-corrected chi connectivity index (χ4v) is 3.30. The number of hydrogen-bond acceptors (Lipinski definition) is 6. The minimum Gasteiger partial charge on any atom is -0.372 e. The van der Waals surface area contributed by atoms with Crippen LogP contribution in [0.3, 0.4) is 0 Å². The lowest BCUT2D eigenvalue weighted by molar-refractivity contribution is -0.00539. The summed E-state index contributed by atoms with van der Waals surface area (Å²) in [7, 11) is 0. The van der Waals surface area contributed by atoms with Gasteiger partial charge < -0.3 is 15.0 Å². The van der Waals surface area contributed by atoms with E-state index in [0.29, 0.717) is 31.3 Å². The zero-order valence-electron chi connectivity index (χ0n) is 14.7. The lowest BCUT2D eigenvalue weighted by Crippen LogP contribution is -2.45. The maximum Gasteiger partial charge on any atom is 0.222 e. The molecule has 0 bridgehead atoms. The monoisotopic (exact) mass is 362 g/mol.